The minimum Gasteiger partial charge on any atom is -0.464 e. The standard InChI is InChI=1S/C23H30N2O2/c1-15-6-5-7-16(2)20(15)22(26)24-21(19-9-8-17(3)27-19)23-12-10-18(11-13-23)14-25(23)4/h5-9,18,21H,10-14H2,1-4H3,(H,24,26). The molecule has 2 aromatic rings. The molecule has 4 heteroatoms. The van der Waals surface area contributed by atoms with E-state index in [-0.39, 0.29) is 17.5 Å². The summed E-state index contributed by atoms with van der Waals surface area (Å²) in [5.41, 5.74) is 2.75. The molecule has 3 aliphatic rings. The van der Waals surface area contributed by atoms with E-state index in [0.717, 1.165) is 53.5 Å². The summed E-state index contributed by atoms with van der Waals surface area (Å²) in [6.07, 6.45) is 4.68. The maximum atomic E-state index is 13.3. The van der Waals surface area contributed by atoms with E-state index in [1.165, 1.54) is 12.8 Å². The normalized spacial score (nSPS) is 26.1. The molecule has 0 spiro atoms. The number of carbonyl (C=O) groups excluding carboxylic acids is 1. The van der Waals surface area contributed by atoms with Gasteiger partial charge in [-0.3, -0.25) is 9.69 Å². The number of furan rings is 1. The lowest BCUT2D eigenvalue weighted by Gasteiger charge is -2.56. The molecule has 1 atom stereocenters. The van der Waals surface area contributed by atoms with E-state index in [1.807, 2.05) is 51.1 Å². The summed E-state index contributed by atoms with van der Waals surface area (Å²) in [7, 11) is 2.21. The molecule has 2 bridgehead atoms. The Hall–Kier alpha value is -2.07. The van der Waals surface area contributed by atoms with Gasteiger partial charge in [0.1, 0.15) is 17.6 Å². The van der Waals surface area contributed by atoms with Gasteiger partial charge in [0.05, 0.1) is 0 Å². The van der Waals surface area contributed by atoms with Gasteiger partial charge < -0.3 is 9.73 Å². The van der Waals surface area contributed by atoms with Crippen molar-refractivity contribution in [3.8, 4) is 0 Å². The first-order valence-corrected chi connectivity index (χ1v) is 10.1. The summed E-state index contributed by atoms with van der Waals surface area (Å²) >= 11 is 0. The second kappa shape index (κ2) is 6.83. The second-order valence-electron chi connectivity index (χ2n) is 8.55. The third-order valence-electron chi connectivity index (χ3n) is 6.83. The van der Waals surface area contributed by atoms with E-state index in [4.69, 9.17) is 4.42 Å². The number of likely N-dealkylation sites (N-methyl/N-ethyl adjacent to an activating group) is 1. The Labute approximate surface area is 161 Å². The van der Waals surface area contributed by atoms with E-state index in [2.05, 4.69) is 17.3 Å². The number of piperidine rings is 2. The number of nitrogens with one attached hydrogen (secondary N) is 1. The van der Waals surface area contributed by atoms with Gasteiger partial charge in [0.2, 0.25) is 0 Å². The smallest absolute Gasteiger partial charge is 0.252 e. The number of carbonyl (C=O) groups is 1. The Bertz CT molecular complexity index is 826. The average molecular weight is 367 g/mol. The van der Waals surface area contributed by atoms with Crippen LogP contribution in [0.15, 0.2) is 34.7 Å². The van der Waals surface area contributed by atoms with Crippen LogP contribution >= 0.6 is 0 Å². The van der Waals surface area contributed by atoms with Gasteiger partial charge in [0.15, 0.2) is 0 Å². The molecule has 3 heterocycles. The Morgan fingerprint density at radius 3 is 2.37 bits per heavy atom. The molecule has 1 saturated carbocycles. The number of nitrogens with zero attached hydrogens (tertiary/aromatic N) is 1. The highest BCUT2D eigenvalue weighted by atomic mass is 16.3. The van der Waals surface area contributed by atoms with Crippen molar-refractivity contribution in [1.82, 2.24) is 10.2 Å². The van der Waals surface area contributed by atoms with Crippen LogP contribution in [0.2, 0.25) is 0 Å². The van der Waals surface area contributed by atoms with Gasteiger partial charge in [-0.15, -0.1) is 0 Å². The van der Waals surface area contributed by atoms with Crippen molar-refractivity contribution in [2.45, 2.75) is 58.0 Å². The zero-order chi connectivity index (χ0) is 19.2. The molecule has 0 radical (unpaired) electrons. The van der Waals surface area contributed by atoms with Crippen molar-refractivity contribution in [2.75, 3.05) is 13.6 Å². The monoisotopic (exact) mass is 366 g/mol. The Balaban J connectivity index is 1.72. The first-order chi connectivity index (χ1) is 12.9. The van der Waals surface area contributed by atoms with Crippen LogP contribution in [0.3, 0.4) is 0 Å². The molecule has 27 heavy (non-hydrogen) atoms. The molecular weight excluding hydrogens is 336 g/mol. The fourth-order valence-electron chi connectivity index (χ4n) is 5.27. The van der Waals surface area contributed by atoms with E-state index in [0.29, 0.717) is 0 Å². The van der Waals surface area contributed by atoms with Crippen LogP contribution in [-0.2, 0) is 0 Å². The van der Waals surface area contributed by atoms with Crippen LogP contribution in [-0.4, -0.2) is 29.9 Å². The molecule has 1 unspecified atom stereocenters. The van der Waals surface area contributed by atoms with Gasteiger partial charge in [-0.05, 0) is 82.7 Å². The fourth-order valence-corrected chi connectivity index (χ4v) is 5.27. The summed E-state index contributed by atoms with van der Waals surface area (Å²) in [4.78, 5) is 15.8. The maximum Gasteiger partial charge on any atom is 0.252 e. The number of benzene rings is 1. The second-order valence-corrected chi connectivity index (χ2v) is 8.55. The number of rotatable bonds is 4. The number of amides is 1. The van der Waals surface area contributed by atoms with Crippen molar-refractivity contribution >= 4 is 5.91 Å². The Morgan fingerprint density at radius 1 is 1.15 bits per heavy atom. The van der Waals surface area contributed by atoms with Crippen LogP contribution < -0.4 is 5.32 Å². The van der Waals surface area contributed by atoms with E-state index >= 15 is 0 Å². The lowest BCUT2D eigenvalue weighted by molar-refractivity contribution is -0.0448. The van der Waals surface area contributed by atoms with Crippen LogP contribution in [0.25, 0.3) is 0 Å². The van der Waals surface area contributed by atoms with Crippen molar-refractivity contribution in [3.63, 3.8) is 0 Å². The van der Waals surface area contributed by atoms with E-state index in [1.54, 1.807) is 0 Å². The molecule has 2 aliphatic heterocycles. The predicted octanol–water partition coefficient (Wildman–Crippen LogP) is 4.55. The first kappa shape index (κ1) is 18.3. The van der Waals surface area contributed by atoms with E-state index in [9.17, 15) is 4.79 Å². The first-order valence-electron chi connectivity index (χ1n) is 10.1. The van der Waals surface area contributed by atoms with Gasteiger partial charge in [-0.2, -0.15) is 0 Å². The maximum absolute atomic E-state index is 13.3. The lowest BCUT2D eigenvalue weighted by Crippen LogP contribution is -2.62. The van der Waals surface area contributed by atoms with E-state index < -0.39 is 0 Å². The largest absolute Gasteiger partial charge is 0.464 e. The lowest BCUT2D eigenvalue weighted by atomic mass is 9.66. The molecule has 144 valence electrons. The highest BCUT2D eigenvalue weighted by molar-refractivity contribution is 5.97. The quantitative estimate of drug-likeness (QED) is 0.863. The topological polar surface area (TPSA) is 45.5 Å². The SMILES string of the molecule is Cc1ccc(C(NC(=O)c2c(C)cccc2C)C23CCC(CC2)CN3C)o1. The van der Waals surface area contributed by atoms with Crippen molar-refractivity contribution in [1.29, 1.82) is 0 Å². The summed E-state index contributed by atoms with van der Waals surface area (Å²) < 4.78 is 6.05. The third kappa shape index (κ3) is 3.10. The van der Waals surface area contributed by atoms with Gasteiger partial charge in [0.25, 0.3) is 5.91 Å². The number of hydrogen-bond acceptors (Lipinski definition) is 3. The average Bonchev–Trinajstić information content (AvgIpc) is 3.06. The molecule has 5 rings (SSSR count). The molecular formula is C23H30N2O2. The highest BCUT2D eigenvalue weighted by Gasteiger charge is 2.51. The van der Waals surface area contributed by atoms with Gasteiger partial charge in [-0.25, -0.2) is 0 Å². The number of aryl methyl sites for hydroxylation is 3. The molecule has 1 aromatic carbocycles. The van der Waals surface area contributed by atoms with Crippen LogP contribution in [0.1, 0.15) is 64.7 Å². The Morgan fingerprint density at radius 2 is 1.81 bits per heavy atom. The summed E-state index contributed by atoms with van der Waals surface area (Å²) in [6.45, 7) is 7.08. The molecule has 1 N–H and O–H groups in total. The molecule has 3 fully saturated rings. The number of fused-ring (bicyclic) bond motifs is 3. The minimum absolute atomic E-state index is 0.000116. The fraction of sp³-hybridized carbons (Fsp3) is 0.522. The van der Waals surface area contributed by atoms with Crippen LogP contribution in [0.4, 0.5) is 0 Å². The number of hydrogen-bond donors (Lipinski definition) is 1. The molecule has 2 saturated heterocycles. The highest BCUT2D eigenvalue weighted by Crippen LogP contribution is 2.49. The van der Waals surface area contributed by atoms with Crippen molar-refractivity contribution in [2.24, 2.45) is 5.92 Å². The van der Waals surface area contributed by atoms with Gasteiger partial charge >= 0.3 is 0 Å². The molecule has 1 aromatic heterocycles. The van der Waals surface area contributed by atoms with Crippen molar-refractivity contribution in [3.05, 3.63) is 58.5 Å². The van der Waals surface area contributed by atoms with Crippen molar-refractivity contribution < 1.29 is 9.21 Å². The zero-order valence-corrected chi connectivity index (χ0v) is 16.8. The zero-order valence-electron chi connectivity index (χ0n) is 16.8. The molecule has 1 amide bonds. The van der Waals surface area contributed by atoms with Crippen LogP contribution in [0.5, 0.6) is 0 Å². The van der Waals surface area contributed by atoms with Gasteiger partial charge in [0, 0.05) is 17.6 Å². The molecule has 1 aliphatic carbocycles. The summed E-state index contributed by atoms with van der Waals surface area (Å²) in [5.74, 6) is 2.56. The van der Waals surface area contributed by atoms with Gasteiger partial charge in [-0.1, -0.05) is 18.2 Å². The third-order valence-corrected chi connectivity index (χ3v) is 6.83. The summed E-state index contributed by atoms with van der Waals surface area (Å²) in [6, 6.07) is 9.91. The molecule has 4 nitrogen and oxygen atoms in total. The minimum atomic E-state index is -0.135. The Kier molecular flexibility index (Phi) is 4.63. The predicted molar refractivity (Wildman–Crippen MR) is 107 cm³/mol. The van der Waals surface area contributed by atoms with Crippen LogP contribution in [0, 0.1) is 26.7 Å². The summed E-state index contributed by atoms with van der Waals surface area (Å²) in [5, 5.41) is 3.39.